The van der Waals surface area contributed by atoms with Crippen LogP contribution in [0.25, 0.3) is 105 Å². The normalized spacial score (nSPS) is 11.9. The summed E-state index contributed by atoms with van der Waals surface area (Å²) in [5.74, 6) is 0. The predicted octanol–water partition coefficient (Wildman–Crippen LogP) is 14.3. The van der Waals surface area contributed by atoms with E-state index in [1.807, 2.05) is 0 Å². The molecule has 12 aromatic rings. The summed E-state index contributed by atoms with van der Waals surface area (Å²) in [6, 6.07) is 77.5. The predicted molar refractivity (Wildman–Crippen MR) is 240 cm³/mol. The molecular formula is C54H35N3. The Labute approximate surface area is 329 Å². The first-order valence-electron chi connectivity index (χ1n) is 19.6. The lowest BCUT2D eigenvalue weighted by Gasteiger charge is -2.15. The van der Waals surface area contributed by atoms with Gasteiger partial charge < -0.3 is 13.7 Å². The molecule has 57 heavy (non-hydrogen) atoms. The fraction of sp³-hybridized carbons (Fsp3) is 0. The number of nitrogens with zero attached hydrogens (tertiary/aromatic N) is 3. The van der Waals surface area contributed by atoms with Gasteiger partial charge in [-0.25, -0.2) is 0 Å². The summed E-state index contributed by atoms with van der Waals surface area (Å²) in [5.41, 5.74) is 15.4. The quantitative estimate of drug-likeness (QED) is 0.168. The number of aromatic nitrogens is 3. The molecule has 12 rings (SSSR count). The van der Waals surface area contributed by atoms with Gasteiger partial charge in [-0.1, -0.05) is 140 Å². The molecule has 0 aliphatic heterocycles. The maximum Gasteiger partial charge on any atom is 0.0562 e. The zero-order chi connectivity index (χ0) is 37.5. The van der Waals surface area contributed by atoms with Gasteiger partial charge >= 0.3 is 0 Å². The van der Waals surface area contributed by atoms with E-state index >= 15 is 0 Å². The van der Waals surface area contributed by atoms with Crippen molar-refractivity contribution in [1.29, 1.82) is 0 Å². The largest absolute Gasteiger partial charge is 0.309 e. The van der Waals surface area contributed by atoms with Gasteiger partial charge in [0.25, 0.3) is 0 Å². The lowest BCUT2D eigenvalue weighted by atomic mass is 9.98. The van der Waals surface area contributed by atoms with Crippen molar-refractivity contribution in [3.05, 3.63) is 212 Å². The molecule has 3 heterocycles. The van der Waals surface area contributed by atoms with Gasteiger partial charge in [0.2, 0.25) is 0 Å². The minimum absolute atomic E-state index is 1.14. The van der Waals surface area contributed by atoms with Gasteiger partial charge in [-0.3, -0.25) is 0 Å². The lowest BCUT2D eigenvalue weighted by molar-refractivity contribution is 1.16. The molecule has 0 unspecified atom stereocenters. The van der Waals surface area contributed by atoms with Crippen LogP contribution >= 0.6 is 0 Å². The minimum Gasteiger partial charge on any atom is -0.309 e. The summed E-state index contributed by atoms with van der Waals surface area (Å²) in [7, 11) is 0. The first kappa shape index (κ1) is 31.7. The molecule has 0 radical (unpaired) electrons. The van der Waals surface area contributed by atoms with E-state index in [1.54, 1.807) is 0 Å². The van der Waals surface area contributed by atoms with Gasteiger partial charge in [0, 0.05) is 43.7 Å². The van der Waals surface area contributed by atoms with Crippen molar-refractivity contribution < 1.29 is 0 Å². The Bertz CT molecular complexity index is 3440. The summed E-state index contributed by atoms with van der Waals surface area (Å²) in [5, 5.41) is 7.44. The molecule has 0 bridgehead atoms. The molecule has 3 nitrogen and oxygen atoms in total. The van der Waals surface area contributed by atoms with Crippen LogP contribution in [0.2, 0.25) is 0 Å². The Morgan fingerprint density at radius 3 is 1.30 bits per heavy atom. The average Bonchev–Trinajstić information content (AvgIpc) is 3.92. The summed E-state index contributed by atoms with van der Waals surface area (Å²) in [6.07, 6.45) is 0. The highest BCUT2D eigenvalue weighted by atomic mass is 15.0. The second-order valence-electron chi connectivity index (χ2n) is 15.0. The van der Waals surface area contributed by atoms with E-state index in [9.17, 15) is 0 Å². The molecule has 0 saturated carbocycles. The van der Waals surface area contributed by atoms with Crippen molar-refractivity contribution >= 4 is 65.4 Å². The molecule has 0 N–H and O–H groups in total. The molecule has 0 spiro atoms. The van der Waals surface area contributed by atoms with Crippen LogP contribution in [0.5, 0.6) is 0 Å². The molecular weight excluding hydrogens is 691 g/mol. The highest BCUT2D eigenvalue weighted by Crippen LogP contribution is 2.43. The number of hydrogen-bond acceptors (Lipinski definition) is 0. The molecule has 0 atom stereocenters. The van der Waals surface area contributed by atoms with Crippen LogP contribution in [-0.4, -0.2) is 13.7 Å². The molecule has 0 amide bonds. The van der Waals surface area contributed by atoms with Crippen LogP contribution in [0, 0.1) is 0 Å². The van der Waals surface area contributed by atoms with Crippen LogP contribution in [0.1, 0.15) is 0 Å². The molecule has 0 fully saturated rings. The van der Waals surface area contributed by atoms with Gasteiger partial charge in [-0.15, -0.1) is 0 Å². The van der Waals surface area contributed by atoms with Crippen molar-refractivity contribution in [2.45, 2.75) is 0 Å². The standard InChI is InChI=1S/C54H35N3/c1-4-17-36(18-5-1)38-31-39(37-19-6-2-7-20-37)33-41(32-38)56-47-26-13-10-23-42(47)45-34-46-43-24-11-14-27-48(43)57(53(46)35-52(45)56)51-30-16-29-50-54(51)44-25-12-15-28-49(44)55(50)40-21-8-3-9-22-40/h1-35H. The molecule has 0 aliphatic carbocycles. The number of fused-ring (bicyclic) bond motifs is 9. The molecule has 266 valence electrons. The number of benzene rings is 9. The summed E-state index contributed by atoms with van der Waals surface area (Å²) in [4.78, 5) is 0. The maximum atomic E-state index is 2.51. The zero-order valence-electron chi connectivity index (χ0n) is 31.0. The van der Waals surface area contributed by atoms with Crippen LogP contribution in [0.3, 0.4) is 0 Å². The molecule has 0 saturated heterocycles. The fourth-order valence-electron chi connectivity index (χ4n) is 9.35. The molecule has 9 aromatic carbocycles. The summed E-state index contributed by atoms with van der Waals surface area (Å²) >= 11 is 0. The maximum absolute atomic E-state index is 2.51. The van der Waals surface area contributed by atoms with Gasteiger partial charge in [-0.05, 0) is 95.1 Å². The number of para-hydroxylation sites is 4. The number of rotatable bonds is 5. The lowest BCUT2D eigenvalue weighted by Crippen LogP contribution is -1.98. The highest BCUT2D eigenvalue weighted by molar-refractivity contribution is 6.21. The second-order valence-corrected chi connectivity index (χ2v) is 15.0. The van der Waals surface area contributed by atoms with Gasteiger partial charge in [0.15, 0.2) is 0 Å². The molecule has 0 aliphatic rings. The van der Waals surface area contributed by atoms with Crippen molar-refractivity contribution in [2.24, 2.45) is 0 Å². The van der Waals surface area contributed by atoms with E-state index < -0.39 is 0 Å². The Morgan fingerprint density at radius 2 is 0.684 bits per heavy atom. The second kappa shape index (κ2) is 12.5. The first-order chi connectivity index (χ1) is 28.3. The topological polar surface area (TPSA) is 14.8 Å². The summed E-state index contributed by atoms with van der Waals surface area (Å²) in [6.45, 7) is 0. The van der Waals surface area contributed by atoms with Crippen molar-refractivity contribution in [1.82, 2.24) is 13.7 Å². The smallest absolute Gasteiger partial charge is 0.0562 e. The van der Waals surface area contributed by atoms with Crippen LogP contribution in [-0.2, 0) is 0 Å². The molecule has 3 aromatic heterocycles. The van der Waals surface area contributed by atoms with E-state index in [2.05, 4.69) is 226 Å². The van der Waals surface area contributed by atoms with E-state index in [4.69, 9.17) is 0 Å². The minimum atomic E-state index is 1.14. The van der Waals surface area contributed by atoms with Gasteiger partial charge in [0.05, 0.1) is 38.8 Å². The van der Waals surface area contributed by atoms with E-state index in [0.29, 0.717) is 0 Å². The fourth-order valence-corrected chi connectivity index (χ4v) is 9.35. The van der Waals surface area contributed by atoms with Gasteiger partial charge in [-0.2, -0.15) is 0 Å². The Balaban J connectivity index is 1.20. The van der Waals surface area contributed by atoms with Crippen LogP contribution in [0.4, 0.5) is 0 Å². The van der Waals surface area contributed by atoms with Crippen molar-refractivity contribution in [3.8, 4) is 39.3 Å². The molecule has 3 heteroatoms. The third-order valence-corrected chi connectivity index (χ3v) is 11.8. The van der Waals surface area contributed by atoms with Gasteiger partial charge in [0.1, 0.15) is 0 Å². The number of hydrogen-bond donors (Lipinski definition) is 0. The Kier molecular flexibility index (Phi) is 6.93. The highest BCUT2D eigenvalue weighted by Gasteiger charge is 2.22. The van der Waals surface area contributed by atoms with Crippen LogP contribution in [0.15, 0.2) is 212 Å². The average molecular weight is 726 g/mol. The summed E-state index contributed by atoms with van der Waals surface area (Å²) < 4.78 is 7.39. The third-order valence-electron chi connectivity index (χ3n) is 11.8. The SMILES string of the molecule is c1ccc(-c2cc(-c3ccccc3)cc(-n3c4ccccc4c4cc5c6ccccc6n(-c6cccc7c6c6ccccc6n7-c6ccccc6)c5cc43)c2)cc1. The van der Waals surface area contributed by atoms with E-state index in [-0.39, 0.29) is 0 Å². The van der Waals surface area contributed by atoms with Crippen molar-refractivity contribution in [3.63, 3.8) is 0 Å². The van der Waals surface area contributed by atoms with Crippen LogP contribution < -0.4 is 0 Å². The third kappa shape index (κ3) is 4.79. The Hall–Kier alpha value is -7.62. The zero-order valence-corrected chi connectivity index (χ0v) is 31.0. The van der Waals surface area contributed by atoms with E-state index in [0.717, 1.165) is 11.4 Å². The van der Waals surface area contributed by atoms with E-state index in [1.165, 1.54) is 93.4 Å². The first-order valence-corrected chi connectivity index (χ1v) is 19.6. The monoisotopic (exact) mass is 725 g/mol. The Morgan fingerprint density at radius 1 is 0.228 bits per heavy atom. The van der Waals surface area contributed by atoms with Crippen molar-refractivity contribution in [2.75, 3.05) is 0 Å².